The summed E-state index contributed by atoms with van der Waals surface area (Å²) in [6.07, 6.45) is 3.72. The minimum atomic E-state index is -0.705. The summed E-state index contributed by atoms with van der Waals surface area (Å²) in [6, 6.07) is 6.49. The summed E-state index contributed by atoms with van der Waals surface area (Å²) in [4.78, 5) is 28.8. The molecule has 0 unspecified atom stereocenters. The Hall–Kier alpha value is -2.62. The standard InChI is InChI=1S/C22H27N3O5S/c1-2-28-21(26)19-17(23-22(27)24-20(19)18-8-4-10-30-18)14-25(12-15-6-3-9-29-15)13-16-7-5-11-31-16/h4-5,7-8,10-11,15,20H,2-3,6,9,12-14H2,1H3,(H2,23,24,27)/t15-,20-/m1/s1. The molecule has 4 heterocycles. The molecule has 2 amide bonds. The second-order valence-corrected chi connectivity index (χ2v) is 8.58. The van der Waals surface area contributed by atoms with Crippen molar-refractivity contribution in [3.63, 3.8) is 0 Å². The van der Waals surface area contributed by atoms with Crippen molar-refractivity contribution in [1.29, 1.82) is 0 Å². The van der Waals surface area contributed by atoms with Crippen LogP contribution >= 0.6 is 11.3 Å². The Bertz CT molecular complexity index is 904. The average Bonchev–Trinajstić information content (AvgIpc) is 3.51. The van der Waals surface area contributed by atoms with Crippen LogP contribution in [0.1, 0.15) is 36.4 Å². The molecular weight excluding hydrogens is 418 g/mol. The molecule has 2 aliphatic rings. The van der Waals surface area contributed by atoms with Crippen molar-refractivity contribution >= 4 is 23.3 Å². The van der Waals surface area contributed by atoms with Gasteiger partial charge in [-0.1, -0.05) is 6.07 Å². The van der Waals surface area contributed by atoms with Crippen molar-refractivity contribution in [2.75, 3.05) is 26.3 Å². The summed E-state index contributed by atoms with van der Waals surface area (Å²) in [6.45, 7) is 4.57. The van der Waals surface area contributed by atoms with Crippen LogP contribution in [0.15, 0.2) is 51.6 Å². The second kappa shape index (κ2) is 10.1. The van der Waals surface area contributed by atoms with Gasteiger partial charge in [-0.05, 0) is 43.3 Å². The van der Waals surface area contributed by atoms with E-state index < -0.39 is 12.0 Å². The third-order valence-electron chi connectivity index (χ3n) is 5.30. The van der Waals surface area contributed by atoms with Gasteiger partial charge in [0.25, 0.3) is 0 Å². The number of nitrogens with zero attached hydrogens (tertiary/aromatic N) is 1. The van der Waals surface area contributed by atoms with E-state index in [9.17, 15) is 9.59 Å². The van der Waals surface area contributed by atoms with E-state index in [0.717, 1.165) is 19.4 Å². The van der Waals surface area contributed by atoms with Gasteiger partial charge in [0.15, 0.2) is 0 Å². The zero-order valence-electron chi connectivity index (χ0n) is 17.5. The lowest BCUT2D eigenvalue weighted by Crippen LogP contribution is -2.49. The van der Waals surface area contributed by atoms with E-state index >= 15 is 0 Å². The molecular formula is C22H27N3O5S. The summed E-state index contributed by atoms with van der Waals surface area (Å²) in [5.41, 5.74) is 0.887. The number of furan rings is 1. The highest BCUT2D eigenvalue weighted by Gasteiger charge is 2.36. The highest BCUT2D eigenvalue weighted by atomic mass is 32.1. The van der Waals surface area contributed by atoms with Gasteiger partial charge in [0.05, 0.1) is 24.5 Å². The summed E-state index contributed by atoms with van der Waals surface area (Å²) < 4.78 is 16.7. The van der Waals surface area contributed by atoms with E-state index in [0.29, 0.717) is 36.7 Å². The number of ether oxygens (including phenoxy) is 2. The van der Waals surface area contributed by atoms with E-state index in [1.807, 2.05) is 11.4 Å². The number of rotatable bonds is 9. The van der Waals surface area contributed by atoms with Crippen LogP contribution in [0, 0.1) is 0 Å². The number of hydrogen-bond donors (Lipinski definition) is 2. The minimum Gasteiger partial charge on any atom is -0.467 e. The molecule has 166 valence electrons. The van der Waals surface area contributed by atoms with Gasteiger partial charge < -0.3 is 24.5 Å². The molecule has 0 aromatic carbocycles. The van der Waals surface area contributed by atoms with Crippen LogP contribution in [-0.4, -0.2) is 49.3 Å². The molecule has 8 nitrogen and oxygen atoms in total. The fraction of sp³-hybridized carbons (Fsp3) is 0.455. The van der Waals surface area contributed by atoms with Gasteiger partial charge in [0.1, 0.15) is 11.8 Å². The van der Waals surface area contributed by atoms with Crippen LogP contribution in [-0.2, 0) is 20.8 Å². The van der Waals surface area contributed by atoms with E-state index in [4.69, 9.17) is 13.9 Å². The maximum Gasteiger partial charge on any atom is 0.338 e. The van der Waals surface area contributed by atoms with E-state index in [1.165, 1.54) is 11.1 Å². The molecule has 2 aromatic rings. The highest BCUT2D eigenvalue weighted by Crippen LogP contribution is 2.29. The van der Waals surface area contributed by atoms with Crippen molar-refractivity contribution in [2.24, 2.45) is 0 Å². The predicted molar refractivity (Wildman–Crippen MR) is 115 cm³/mol. The molecule has 2 aliphatic heterocycles. The molecule has 0 radical (unpaired) electrons. The number of urea groups is 1. The Morgan fingerprint density at radius 2 is 2.23 bits per heavy atom. The van der Waals surface area contributed by atoms with Crippen molar-refractivity contribution in [2.45, 2.75) is 38.5 Å². The van der Waals surface area contributed by atoms with Crippen LogP contribution in [0.2, 0.25) is 0 Å². The first kappa shape index (κ1) is 21.6. The van der Waals surface area contributed by atoms with Gasteiger partial charge in [0, 0.05) is 36.8 Å². The Labute approximate surface area is 185 Å². The number of esters is 1. The highest BCUT2D eigenvalue weighted by molar-refractivity contribution is 7.09. The largest absolute Gasteiger partial charge is 0.467 e. The predicted octanol–water partition coefficient (Wildman–Crippen LogP) is 3.19. The fourth-order valence-electron chi connectivity index (χ4n) is 3.97. The Morgan fingerprint density at radius 3 is 2.90 bits per heavy atom. The van der Waals surface area contributed by atoms with Crippen LogP contribution in [0.5, 0.6) is 0 Å². The van der Waals surface area contributed by atoms with Gasteiger partial charge in [-0.2, -0.15) is 0 Å². The van der Waals surface area contributed by atoms with Crippen molar-refractivity contribution < 1.29 is 23.5 Å². The van der Waals surface area contributed by atoms with Gasteiger partial charge in [-0.3, -0.25) is 4.90 Å². The zero-order valence-corrected chi connectivity index (χ0v) is 18.3. The topological polar surface area (TPSA) is 93.0 Å². The van der Waals surface area contributed by atoms with E-state index in [2.05, 4.69) is 21.6 Å². The van der Waals surface area contributed by atoms with Crippen LogP contribution in [0.4, 0.5) is 4.79 Å². The SMILES string of the molecule is CCOC(=O)C1=C(CN(Cc2cccs2)C[C@H]2CCCO2)NC(=O)N[C@@H]1c1ccco1. The molecule has 1 fully saturated rings. The van der Waals surface area contributed by atoms with Gasteiger partial charge in [-0.25, -0.2) is 9.59 Å². The number of carbonyl (C=O) groups excluding carboxylic acids is 2. The number of thiophene rings is 1. The first-order valence-electron chi connectivity index (χ1n) is 10.5. The molecule has 9 heteroatoms. The zero-order chi connectivity index (χ0) is 21.6. The molecule has 0 saturated carbocycles. The monoisotopic (exact) mass is 445 g/mol. The Balaban J connectivity index is 1.65. The lowest BCUT2D eigenvalue weighted by molar-refractivity contribution is -0.139. The number of nitrogens with one attached hydrogen (secondary N) is 2. The first-order chi connectivity index (χ1) is 15.1. The minimum absolute atomic E-state index is 0.143. The third kappa shape index (κ3) is 5.36. The Kier molecular flexibility index (Phi) is 7.06. The van der Waals surface area contributed by atoms with Crippen LogP contribution in [0.3, 0.4) is 0 Å². The normalized spacial score (nSPS) is 21.3. The van der Waals surface area contributed by atoms with E-state index in [1.54, 1.807) is 30.4 Å². The molecule has 31 heavy (non-hydrogen) atoms. The molecule has 0 aliphatic carbocycles. The second-order valence-electron chi connectivity index (χ2n) is 7.54. The van der Waals surface area contributed by atoms with Crippen LogP contribution < -0.4 is 10.6 Å². The smallest absolute Gasteiger partial charge is 0.338 e. The number of hydrogen-bond acceptors (Lipinski definition) is 7. The summed E-state index contributed by atoms with van der Waals surface area (Å²) in [5, 5.41) is 7.67. The summed E-state index contributed by atoms with van der Waals surface area (Å²) in [7, 11) is 0. The summed E-state index contributed by atoms with van der Waals surface area (Å²) >= 11 is 1.68. The first-order valence-corrected chi connectivity index (χ1v) is 11.4. The van der Waals surface area contributed by atoms with Gasteiger partial charge >= 0.3 is 12.0 Å². The van der Waals surface area contributed by atoms with Gasteiger partial charge in [0.2, 0.25) is 0 Å². The molecule has 2 aromatic heterocycles. The molecule has 2 N–H and O–H groups in total. The third-order valence-corrected chi connectivity index (χ3v) is 6.16. The average molecular weight is 446 g/mol. The number of amides is 2. The lowest BCUT2D eigenvalue weighted by atomic mass is 9.99. The number of carbonyl (C=O) groups is 2. The van der Waals surface area contributed by atoms with E-state index in [-0.39, 0.29) is 18.7 Å². The molecule has 0 bridgehead atoms. The Morgan fingerprint density at radius 1 is 1.32 bits per heavy atom. The van der Waals surface area contributed by atoms with Crippen molar-refractivity contribution in [3.05, 3.63) is 57.8 Å². The maximum absolute atomic E-state index is 12.9. The quantitative estimate of drug-likeness (QED) is 0.576. The maximum atomic E-state index is 12.9. The fourth-order valence-corrected chi connectivity index (χ4v) is 4.72. The molecule has 1 saturated heterocycles. The van der Waals surface area contributed by atoms with Gasteiger partial charge in [-0.15, -0.1) is 11.3 Å². The molecule has 2 atom stereocenters. The molecule has 0 spiro atoms. The van der Waals surface area contributed by atoms with Crippen molar-refractivity contribution in [1.82, 2.24) is 15.5 Å². The van der Waals surface area contributed by atoms with Crippen LogP contribution in [0.25, 0.3) is 0 Å². The molecule has 4 rings (SSSR count). The van der Waals surface area contributed by atoms with Crippen molar-refractivity contribution in [3.8, 4) is 0 Å². The summed E-state index contributed by atoms with van der Waals surface area (Å²) in [5.74, 6) is 0.0129. The lowest BCUT2D eigenvalue weighted by Gasteiger charge is -2.32.